The van der Waals surface area contributed by atoms with Gasteiger partial charge in [-0.2, -0.15) is 0 Å². The number of hydrogen-bond donors (Lipinski definition) is 1. The van der Waals surface area contributed by atoms with Crippen molar-refractivity contribution in [1.29, 1.82) is 0 Å². The maximum atomic E-state index is 13.3. The first-order chi connectivity index (χ1) is 9.48. The summed E-state index contributed by atoms with van der Waals surface area (Å²) in [6, 6.07) is 10.3. The molecule has 20 heavy (non-hydrogen) atoms. The normalized spacial score (nSPS) is 14.3. The Morgan fingerprint density at radius 1 is 1.15 bits per heavy atom. The van der Waals surface area contributed by atoms with Gasteiger partial charge < -0.3 is 5.73 Å². The molecular weight excluding hydrogens is 279 g/mol. The molecule has 0 unspecified atom stereocenters. The van der Waals surface area contributed by atoms with Crippen LogP contribution in [0.25, 0.3) is 0 Å². The predicted octanol–water partition coefficient (Wildman–Crippen LogP) is 2.16. The van der Waals surface area contributed by atoms with E-state index in [9.17, 15) is 12.8 Å². The van der Waals surface area contributed by atoms with E-state index in [1.807, 2.05) is 0 Å². The average Bonchev–Trinajstić information content (AvgIpc) is 2.82. The number of benzene rings is 2. The van der Waals surface area contributed by atoms with Gasteiger partial charge in [-0.3, -0.25) is 4.31 Å². The van der Waals surface area contributed by atoms with Crippen molar-refractivity contribution in [2.45, 2.75) is 11.3 Å². The molecule has 2 aromatic rings. The third-order valence-electron chi connectivity index (χ3n) is 3.35. The van der Waals surface area contributed by atoms with Crippen molar-refractivity contribution in [2.75, 3.05) is 16.6 Å². The number of nitrogens with two attached hydrogens (primary N) is 1. The first kappa shape index (κ1) is 12.9. The van der Waals surface area contributed by atoms with Gasteiger partial charge in [-0.25, -0.2) is 12.8 Å². The van der Waals surface area contributed by atoms with Gasteiger partial charge in [0.2, 0.25) is 0 Å². The highest BCUT2D eigenvalue weighted by Gasteiger charge is 2.31. The third-order valence-corrected chi connectivity index (χ3v) is 5.16. The summed E-state index contributed by atoms with van der Waals surface area (Å²) >= 11 is 0. The lowest BCUT2D eigenvalue weighted by molar-refractivity contribution is 0.592. The minimum absolute atomic E-state index is 0.120. The number of halogens is 1. The van der Waals surface area contributed by atoms with E-state index in [1.165, 1.54) is 28.6 Å². The molecule has 0 saturated carbocycles. The van der Waals surface area contributed by atoms with Crippen molar-refractivity contribution in [1.82, 2.24) is 0 Å². The van der Waals surface area contributed by atoms with Crippen LogP contribution in [0.15, 0.2) is 47.4 Å². The summed E-state index contributed by atoms with van der Waals surface area (Å²) in [5.74, 6) is -0.446. The van der Waals surface area contributed by atoms with Crippen molar-refractivity contribution in [3.05, 3.63) is 53.8 Å². The zero-order valence-electron chi connectivity index (χ0n) is 10.6. The lowest BCUT2D eigenvalue weighted by Gasteiger charge is -2.19. The summed E-state index contributed by atoms with van der Waals surface area (Å²) in [7, 11) is -3.70. The van der Waals surface area contributed by atoms with Gasteiger partial charge in [0.25, 0.3) is 10.0 Å². The first-order valence-electron chi connectivity index (χ1n) is 6.15. The second-order valence-electron chi connectivity index (χ2n) is 4.67. The molecule has 0 amide bonds. The van der Waals surface area contributed by atoms with E-state index in [-0.39, 0.29) is 4.90 Å². The van der Waals surface area contributed by atoms with E-state index in [0.29, 0.717) is 24.3 Å². The van der Waals surface area contributed by atoms with Gasteiger partial charge in [0.15, 0.2) is 0 Å². The standard InChI is InChI=1S/C14H13FN2O2S/c15-11-5-4-10-6-7-17(14(10)8-11)20(18,19)13-3-1-2-12(16)9-13/h1-5,8-9H,6-7,16H2. The molecular formula is C14H13FN2O2S. The Hall–Kier alpha value is -2.08. The Balaban J connectivity index is 2.09. The van der Waals surface area contributed by atoms with E-state index in [0.717, 1.165) is 5.56 Å². The van der Waals surface area contributed by atoms with E-state index in [1.54, 1.807) is 18.2 Å². The fourth-order valence-corrected chi connectivity index (χ4v) is 3.93. The summed E-state index contributed by atoms with van der Waals surface area (Å²) in [5.41, 5.74) is 7.25. The number of hydrogen-bond acceptors (Lipinski definition) is 3. The van der Waals surface area contributed by atoms with Crippen LogP contribution in [0.4, 0.5) is 15.8 Å². The van der Waals surface area contributed by atoms with Gasteiger partial charge >= 0.3 is 0 Å². The van der Waals surface area contributed by atoms with Crippen molar-refractivity contribution in [2.24, 2.45) is 0 Å². The van der Waals surface area contributed by atoms with Crippen LogP contribution in [0, 0.1) is 5.82 Å². The second kappa shape index (κ2) is 4.49. The Morgan fingerprint density at radius 3 is 2.70 bits per heavy atom. The summed E-state index contributed by atoms with van der Waals surface area (Å²) in [6.07, 6.45) is 0.581. The highest BCUT2D eigenvalue weighted by molar-refractivity contribution is 7.92. The van der Waals surface area contributed by atoms with E-state index >= 15 is 0 Å². The Labute approximate surface area is 116 Å². The van der Waals surface area contributed by atoms with E-state index < -0.39 is 15.8 Å². The molecule has 0 atom stereocenters. The van der Waals surface area contributed by atoms with Gasteiger partial charge in [0, 0.05) is 12.2 Å². The minimum atomic E-state index is -3.70. The van der Waals surface area contributed by atoms with Crippen molar-refractivity contribution >= 4 is 21.4 Å². The molecule has 0 radical (unpaired) electrons. The molecule has 6 heteroatoms. The maximum absolute atomic E-state index is 13.3. The number of nitrogens with zero attached hydrogens (tertiary/aromatic N) is 1. The van der Waals surface area contributed by atoms with Crippen molar-refractivity contribution < 1.29 is 12.8 Å². The maximum Gasteiger partial charge on any atom is 0.264 e. The third kappa shape index (κ3) is 2.02. The molecule has 1 aliphatic rings. The van der Waals surface area contributed by atoms with E-state index in [4.69, 9.17) is 5.73 Å². The molecule has 0 saturated heterocycles. The summed E-state index contributed by atoms with van der Waals surface area (Å²) in [4.78, 5) is 0.120. The lowest BCUT2D eigenvalue weighted by Crippen LogP contribution is -2.29. The van der Waals surface area contributed by atoms with Crippen LogP contribution in [0.2, 0.25) is 0 Å². The molecule has 3 rings (SSSR count). The summed E-state index contributed by atoms with van der Waals surface area (Å²) < 4.78 is 39.8. The quantitative estimate of drug-likeness (QED) is 0.863. The van der Waals surface area contributed by atoms with E-state index in [2.05, 4.69) is 0 Å². The van der Waals surface area contributed by atoms with Crippen molar-refractivity contribution in [3.63, 3.8) is 0 Å². The monoisotopic (exact) mass is 292 g/mol. The SMILES string of the molecule is Nc1cccc(S(=O)(=O)N2CCc3ccc(F)cc32)c1. The summed E-state index contributed by atoms with van der Waals surface area (Å²) in [5, 5.41) is 0. The zero-order valence-corrected chi connectivity index (χ0v) is 11.4. The smallest absolute Gasteiger partial charge is 0.264 e. The molecule has 2 aromatic carbocycles. The second-order valence-corrected chi connectivity index (χ2v) is 6.54. The highest BCUT2D eigenvalue weighted by Crippen LogP contribution is 2.33. The van der Waals surface area contributed by atoms with Gasteiger partial charge in [-0.15, -0.1) is 0 Å². The number of anilines is 2. The topological polar surface area (TPSA) is 63.4 Å². The van der Waals surface area contributed by atoms with Crippen LogP contribution in [0.3, 0.4) is 0 Å². The first-order valence-corrected chi connectivity index (χ1v) is 7.59. The summed E-state index contributed by atoms with van der Waals surface area (Å²) in [6.45, 7) is 0.315. The van der Waals surface area contributed by atoms with Gasteiger partial charge in [0.05, 0.1) is 10.6 Å². The van der Waals surface area contributed by atoms with Gasteiger partial charge in [-0.05, 0) is 42.3 Å². The molecule has 104 valence electrons. The lowest BCUT2D eigenvalue weighted by atomic mass is 10.2. The van der Waals surface area contributed by atoms with Crippen LogP contribution in [-0.4, -0.2) is 15.0 Å². The van der Waals surface area contributed by atoms with Gasteiger partial charge in [-0.1, -0.05) is 12.1 Å². The number of fused-ring (bicyclic) bond motifs is 1. The van der Waals surface area contributed by atoms with Crippen LogP contribution in [0.5, 0.6) is 0 Å². The highest BCUT2D eigenvalue weighted by atomic mass is 32.2. The Morgan fingerprint density at radius 2 is 1.95 bits per heavy atom. The Kier molecular flexibility index (Phi) is 2.90. The molecule has 2 N–H and O–H groups in total. The molecule has 0 spiro atoms. The molecule has 0 bridgehead atoms. The van der Waals surface area contributed by atoms with Crippen LogP contribution >= 0.6 is 0 Å². The van der Waals surface area contributed by atoms with Gasteiger partial charge in [0.1, 0.15) is 5.82 Å². The van der Waals surface area contributed by atoms with Crippen molar-refractivity contribution in [3.8, 4) is 0 Å². The molecule has 0 fully saturated rings. The molecule has 0 aliphatic carbocycles. The predicted molar refractivity (Wildman–Crippen MR) is 75.5 cm³/mol. The molecule has 1 aliphatic heterocycles. The molecule has 4 nitrogen and oxygen atoms in total. The Bertz CT molecular complexity index is 774. The van der Waals surface area contributed by atoms with Crippen LogP contribution < -0.4 is 10.0 Å². The largest absolute Gasteiger partial charge is 0.399 e. The fraction of sp³-hybridized carbons (Fsp3) is 0.143. The average molecular weight is 292 g/mol. The molecule has 1 heterocycles. The van der Waals surface area contributed by atoms with Crippen LogP contribution in [0.1, 0.15) is 5.56 Å². The van der Waals surface area contributed by atoms with Crippen LogP contribution in [-0.2, 0) is 16.4 Å². The molecule has 0 aromatic heterocycles. The fourth-order valence-electron chi connectivity index (χ4n) is 2.37. The number of sulfonamides is 1. The number of rotatable bonds is 2. The zero-order chi connectivity index (χ0) is 14.3. The minimum Gasteiger partial charge on any atom is -0.399 e. The number of nitrogen functional groups attached to an aromatic ring is 1.